The first-order valence-corrected chi connectivity index (χ1v) is 9.50. The van der Waals surface area contributed by atoms with E-state index in [9.17, 15) is 0 Å². The number of aromatic nitrogens is 1. The molecule has 0 bridgehead atoms. The maximum absolute atomic E-state index is 5.82. The van der Waals surface area contributed by atoms with Crippen LogP contribution in [0.15, 0.2) is 28.9 Å². The van der Waals surface area contributed by atoms with Gasteiger partial charge in [0, 0.05) is 41.8 Å². The van der Waals surface area contributed by atoms with Gasteiger partial charge in [0.2, 0.25) is 0 Å². The van der Waals surface area contributed by atoms with Gasteiger partial charge in [-0.15, -0.1) is 11.3 Å². The smallest absolute Gasteiger partial charge is 0.180 e. The van der Waals surface area contributed by atoms with Crippen LogP contribution in [-0.2, 0) is 17.8 Å². The Bertz CT molecular complexity index is 655. The number of hydrogen-bond acceptors (Lipinski definition) is 5. The highest BCUT2D eigenvalue weighted by atomic mass is 79.9. The van der Waals surface area contributed by atoms with Crippen LogP contribution in [0.3, 0.4) is 0 Å². The summed E-state index contributed by atoms with van der Waals surface area (Å²) in [5.74, 6) is 0. The molecule has 4 nitrogen and oxygen atoms in total. The lowest BCUT2D eigenvalue weighted by Gasteiger charge is -2.25. The van der Waals surface area contributed by atoms with Gasteiger partial charge in [-0.2, -0.15) is 0 Å². The number of halogens is 1. The number of ether oxygens (including phenoxy) is 1. The SMILES string of the molecule is Cc1ccc(CN(Cc2cnc(N)s2)CC2CCCO2)c(Br)c1. The fourth-order valence-electron chi connectivity index (χ4n) is 2.90. The molecule has 124 valence electrons. The van der Waals surface area contributed by atoms with Crippen LogP contribution in [0.4, 0.5) is 5.13 Å². The first-order chi connectivity index (χ1) is 11.1. The zero-order chi connectivity index (χ0) is 16.2. The Hall–Kier alpha value is -0.950. The van der Waals surface area contributed by atoms with E-state index < -0.39 is 0 Å². The highest BCUT2D eigenvalue weighted by Gasteiger charge is 2.20. The molecule has 2 heterocycles. The molecular weight excluding hydrogens is 374 g/mol. The third-order valence-electron chi connectivity index (χ3n) is 4.04. The van der Waals surface area contributed by atoms with E-state index in [4.69, 9.17) is 10.5 Å². The molecule has 6 heteroatoms. The van der Waals surface area contributed by atoms with E-state index in [1.165, 1.54) is 26.9 Å². The molecule has 23 heavy (non-hydrogen) atoms. The Morgan fingerprint density at radius 2 is 2.30 bits per heavy atom. The molecule has 2 aromatic rings. The molecule has 1 saturated heterocycles. The maximum atomic E-state index is 5.82. The summed E-state index contributed by atoms with van der Waals surface area (Å²) < 4.78 is 6.99. The number of rotatable bonds is 6. The molecule has 0 aliphatic carbocycles. The number of nitrogens with two attached hydrogens (primary N) is 1. The van der Waals surface area contributed by atoms with Crippen molar-refractivity contribution in [3.63, 3.8) is 0 Å². The van der Waals surface area contributed by atoms with Crippen molar-refractivity contribution in [3.8, 4) is 0 Å². The summed E-state index contributed by atoms with van der Waals surface area (Å²) in [6.07, 6.45) is 4.54. The highest BCUT2D eigenvalue weighted by molar-refractivity contribution is 9.10. The summed E-state index contributed by atoms with van der Waals surface area (Å²) in [6, 6.07) is 6.53. The molecule has 0 saturated carbocycles. The van der Waals surface area contributed by atoms with Gasteiger partial charge in [-0.05, 0) is 37.0 Å². The predicted molar refractivity (Wildman–Crippen MR) is 98.5 cm³/mol. The summed E-state index contributed by atoms with van der Waals surface area (Å²) in [6.45, 7) is 5.69. The van der Waals surface area contributed by atoms with Crippen LogP contribution in [0.1, 0.15) is 28.8 Å². The van der Waals surface area contributed by atoms with E-state index in [-0.39, 0.29) is 0 Å². The third-order valence-corrected chi connectivity index (χ3v) is 5.59. The summed E-state index contributed by atoms with van der Waals surface area (Å²) in [5.41, 5.74) is 8.33. The number of hydrogen-bond donors (Lipinski definition) is 1. The third kappa shape index (κ3) is 4.76. The molecule has 1 unspecified atom stereocenters. The lowest BCUT2D eigenvalue weighted by Crippen LogP contribution is -2.31. The number of benzene rings is 1. The second kappa shape index (κ2) is 7.75. The van der Waals surface area contributed by atoms with Gasteiger partial charge in [-0.25, -0.2) is 4.98 Å². The van der Waals surface area contributed by atoms with E-state index in [0.29, 0.717) is 11.2 Å². The second-order valence-electron chi connectivity index (χ2n) is 6.06. The lowest BCUT2D eigenvalue weighted by molar-refractivity contribution is 0.0681. The van der Waals surface area contributed by atoms with Gasteiger partial charge in [0.25, 0.3) is 0 Å². The van der Waals surface area contributed by atoms with E-state index >= 15 is 0 Å². The van der Waals surface area contributed by atoms with E-state index in [0.717, 1.165) is 32.7 Å². The van der Waals surface area contributed by atoms with Gasteiger partial charge in [-0.1, -0.05) is 28.1 Å². The number of nitrogen functional groups attached to an aromatic ring is 1. The molecule has 1 aromatic heterocycles. The van der Waals surface area contributed by atoms with E-state index in [1.54, 1.807) is 11.3 Å². The van der Waals surface area contributed by atoms with E-state index in [2.05, 4.69) is 50.9 Å². The van der Waals surface area contributed by atoms with Crippen molar-refractivity contribution in [3.05, 3.63) is 44.9 Å². The number of thiazole rings is 1. The van der Waals surface area contributed by atoms with Crippen LogP contribution in [0, 0.1) is 6.92 Å². The number of nitrogens with zero attached hydrogens (tertiary/aromatic N) is 2. The predicted octanol–water partition coefficient (Wildman–Crippen LogP) is 3.98. The first kappa shape index (κ1) is 16.9. The van der Waals surface area contributed by atoms with Crippen LogP contribution in [0.2, 0.25) is 0 Å². The molecule has 0 spiro atoms. The van der Waals surface area contributed by atoms with Gasteiger partial charge in [0.05, 0.1) is 6.10 Å². The molecule has 1 aromatic carbocycles. The van der Waals surface area contributed by atoms with Crippen LogP contribution < -0.4 is 5.73 Å². The fourth-order valence-corrected chi connectivity index (χ4v) is 4.24. The van der Waals surface area contributed by atoms with Gasteiger partial charge in [0.15, 0.2) is 5.13 Å². The van der Waals surface area contributed by atoms with Crippen molar-refractivity contribution < 1.29 is 4.74 Å². The first-order valence-electron chi connectivity index (χ1n) is 7.89. The van der Waals surface area contributed by atoms with Crippen LogP contribution >= 0.6 is 27.3 Å². The van der Waals surface area contributed by atoms with Crippen LogP contribution in [-0.4, -0.2) is 29.1 Å². The number of aryl methyl sites for hydroxylation is 1. The van der Waals surface area contributed by atoms with Crippen LogP contribution in [0.5, 0.6) is 0 Å². The highest BCUT2D eigenvalue weighted by Crippen LogP contribution is 2.24. The Morgan fingerprint density at radius 3 is 2.96 bits per heavy atom. The quantitative estimate of drug-likeness (QED) is 0.803. The standard InChI is InChI=1S/C17H22BrN3OS/c1-12-4-5-13(16(18)7-12)9-21(10-14-3-2-6-22-14)11-15-8-20-17(19)23-15/h4-5,7-8,14H,2-3,6,9-11H2,1H3,(H2,19,20). The largest absolute Gasteiger partial charge is 0.377 e. The Labute approximate surface area is 149 Å². The summed E-state index contributed by atoms with van der Waals surface area (Å²) in [4.78, 5) is 7.79. The maximum Gasteiger partial charge on any atom is 0.180 e. The Balaban J connectivity index is 1.73. The molecule has 1 atom stereocenters. The molecule has 0 radical (unpaired) electrons. The minimum atomic E-state index is 0.337. The minimum absolute atomic E-state index is 0.337. The molecule has 1 fully saturated rings. The minimum Gasteiger partial charge on any atom is -0.377 e. The monoisotopic (exact) mass is 395 g/mol. The van der Waals surface area contributed by atoms with Crippen molar-refractivity contribution in [2.24, 2.45) is 0 Å². The normalized spacial score (nSPS) is 18.0. The van der Waals surface area contributed by atoms with E-state index in [1.807, 2.05) is 6.20 Å². The number of anilines is 1. The lowest BCUT2D eigenvalue weighted by atomic mass is 10.1. The van der Waals surface area contributed by atoms with Crippen molar-refractivity contribution in [2.45, 2.75) is 39.0 Å². The molecule has 1 aliphatic heterocycles. The average Bonchev–Trinajstić information content (AvgIpc) is 3.14. The van der Waals surface area contributed by atoms with Gasteiger partial charge in [0.1, 0.15) is 0 Å². The van der Waals surface area contributed by atoms with Gasteiger partial charge < -0.3 is 10.5 Å². The fraction of sp³-hybridized carbons (Fsp3) is 0.471. The summed E-state index contributed by atoms with van der Waals surface area (Å²) in [7, 11) is 0. The summed E-state index contributed by atoms with van der Waals surface area (Å²) >= 11 is 5.25. The summed E-state index contributed by atoms with van der Waals surface area (Å²) in [5, 5.41) is 0.633. The van der Waals surface area contributed by atoms with Gasteiger partial charge in [-0.3, -0.25) is 4.90 Å². The van der Waals surface area contributed by atoms with Crippen molar-refractivity contribution in [1.29, 1.82) is 0 Å². The van der Waals surface area contributed by atoms with Crippen molar-refractivity contribution >= 4 is 32.4 Å². The second-order valence-corrected chi connectivity index (χ2v) is 8.07. The van der Waals surface area contributed by atoms with Gasteiger partial charge >= 0.3 is 0 Å². The van der Waals surface area contributed by atoms with Crippen molar-refractivity contribution in [2.75, 3.05) is 18.9 Å². The zero-order valence-electron chi connectivity index (χ0n) is 13.3. The average molecular weight is 396 g/mol. The van der Waals surface area contributed by atoms with Crippen LogP contribution in [0.25, 0.3) is 0 Å². The molecule has 1 aliphatic rings. The Kier molecular flexibility index (Phi) is 5.69. The molecule has 3 rings (SSSR count). The zero-order valence-corrected chi connectivity index (χ0v) is 15.7. The molecule has 2 N–H and O–H groups in total. The topological polar surface area (TPSA) is 51.4 Å². The molecular formula is C17H22BrN3OS. The molecule has 0 amide bonds. The van der Waals surface area contributed by atoms with Crippen molar-refractivity contribution in [1.82, 2.24) is 9.88 Å². The Morgan fingerprint density at radius 1 is 1.43 bits per heavy atom.